The first-order valence-corrected chi connectivity index (χ1v) is 7.71. The van der Waals surface area contributed by atoms with Gasteiger partial charge in [0, 0.05) is 51.1 Å². The fourth-order valence-electron chi connectivity index (χ4n) is 2.65. The van der Waals surface area contributed by atoms with Gasteiger partial charge in [-0.25, -0.2) is 9.97 Å². The molecule has 1 saturated carbocycles. The molecular formula is C15H24N4O2. The van der Waals surface area contributed by atoms with Gasteiger partial charge in [-0.15, -0.1) is 0 Å². The highest BCUT2D eigenvalue weighted by atomic mass is 16.5. The van der Waals surface area contributed by atoms with Crippen molar-refractivity contribution in [1.82, 2.24) is 9.97 Å². The number of hydrogen-bond donors (Lipinski definition) is 3. The Hall–Kier alpha value is -1.40. The average molecular weight is 292 g/mol. The van der Waals surface area contributed by atoms with Gasteiger partial charge in [-0.2, -0.15) is 0 Å². The molecular weight excluding hydrogens is 268 g/mol. The summed E-state index contributed by atoms with van der Waals surface area (Å²) in [6.07, 6.45) is 3.68. The van der Waals surface area contributed by atoms with Gasteiger partial charge in [-0.3, -0.25) is 0 Å². The van der Waals surface area contributed by atoms with Crippen molar-refractivity contribution in [2.24, 2.45) is 0 Å². The van der Waals surface area contributed by atoms with Crippen molar-refractivity contribution >= 4 is 11.6 Å². The summed E-state index contributed by atoms with van der Waals surface area (Å²) in [5, 5.41) is 17.0. The van der Waals surface area contributed by atoms with Crippen LogP contribution in [0.2, 0.25) is 0 Å². The molecule has 0 spiro atoms. The lowest BCUT2D eigenvalue weighted by Crippen LogP contribution is -2.42. The summed E-state index contributed by atoms with van der Waals surface area (Å²) in [7, 11) is 1.88. The van der Waals surface area contributed by atoms with E-state index in [1.54, 1.807) is 0 Å². The molecule has 0 atom stereocenters. The maximum atomic E-state index is 10.5. The molecule has 1 aromatic heterocycles. The maximum absolute atomic E-state index is 10.5. The van der Waals surface area contributed by atoms with Gasteiger partial charge in [0.15, 0.2) is 0 Å². The predicted molar refractivity (Wildman–Crippen MR) is 81.8 cm³/mol. The second-order valence-corrected chi connectivity index (χ2v) is 6.12. The van der Waals surface area contributed by atoms with Gasteiger partial charge in [-0.1, -0.05) is 0 Å². The third kappa shape index (κ3) is 3.27. The largest absolute Gasteiger partial charge is 0.388 e. The molecule has 6 heteroatoms. The Morgan fingerprint density at radius 2 is 1.90 bits per heavy atom. The van der Waals surface area contributed by atoms with Crippen LogP contribution < -0.4 is 10.6 Å². The Morgan fingerprint density at radius 1 is 1.24 bits per heavy atom. The molecule has 1 saturated heterocycles. The average Bonchev–Trinajstić information content (AvgIpc) is 3.32. The highest BCUT2D eigenvalue weighted by Gasteiger charge is 2.31. The fraction of sp³-hybridized carbons (Fsp3) is 0.733. The molecule has 21 heavy (non-hydrogen) atoms. The number of ether oxygens (including phenoxy) is 1. The van der Waals surface area contributed by atoms with Gasteiger partial charge in [0.25, 0.3) is 0 Å². The first-order valence-electron chi connectivity index (χ1n) is 7.71. The molecule has 3 N–H and O–H groups in total. The molecule has 0 unspecified atom stereocenters. The molecule has 0 amide bonds. The van der Waals surface area contributed by atoms with E-state index in [0.717, 1.165) is 23.0 Å². The zero-order valence-corrected chi connectivity index (χ0v) is 12.8. The SMILES string of the molecule is CNc1nc(C2CC2)nc(NCC2(O)CCOCC2)c1C. The molecule has 1 aromatic rings. The first-order chi connectivity index (χ1) is 10.1. The topological polar surface area (TPSA) is 79.3 Å². The van der Waals surface area contributed by atoms with Gasteiger partial charge >= 0.3 is 0 Å². The van der Waals surface area contributed by atoms with Gasteiger partial charge in [0.2, 0.25) is 0 Å². The van der Waals surface area contributed by atoms with Crippen LogP contribution in [0.25, 0.3) is 0 Å². The van der Waals surface area contributed by atoms with E-state index >= 15 is 0 Å². The van der Waals surface area contributed by atoms with Crippen molar-refractivity contribution in [3.8, 4) is 0 Å². The van der Waals surface area contributed by atoms with Crippen molar-refractivity contribution in [3.63, 3.8) is 0 Å². The van der Waals surface area contributed by atoms with Crippen LogP contribution in [0, 0.1) is 6.92 Å². The molecule has 0 radical (unpaired) electrons. The van der Waals surface area contributed by atoms with Crippen LogP contribution in [-0.4, -0.2) is 47.5 Å². The Morgan fingerprint density at radius 3 is 2.52 bits per heavy atom. The Balaban J connectivity index is 1.75. The van der Waals surface area contributed by atoms with E-state index < -0.39 is 5.60 Å². The van der Waals surface area contributed by atoms with E-state index in [2.05, 4.69) is 20.6 Å². The fourth-order valence-corrected chi connectivity index (χ4v) is 2.65. The zero-order valence-electron chi connectivity index (χ0n) is 12.8. The van der Waals surface area contributed by atoms with Gasteiger partial charge in [0.05, 0.1) is 5.60 Å². The standard InChI is InChI=1S/C15H24N4O2/c1-10-12(16-2)18-14(11-3-4-11)19-13(10)17-9-15(20)5-7-21-8-6-15/h11,20H,3-9H2,1-2H3,(H2,16,17,18,19). The molecule has 3 rings (SSSR count). The Labute approximate surface area is 125 Å². The lowest BCUT2D eigenvalue weighted by molar-refractivity contribution is -0.0543. The predicted octanol–water partition coefficient (Wildman–Crippen LogP) is 1.66. The van der Waals surface area contributed by atoms with Gasteiger partial charge in [0.1, 0.15) is 17.5 Å². The quantitative estimate of drug-likeness (QED) is 0.766. The number of nitrogens with zero attached hydrogens (tertiary/aromatic N) is 2. The van der Waals surface area contributed by atoms with Gasteiger partial charge < -0.3 is 20.5 Å². The molecule has 2 aliphatic rings. The normalized spacial score (nSPS) is 21.1. The zero-order chi connectivity index (χ0) is 14.9. The summed E-state index contributed by atoms with van der Waals surface area (Å²) in [6, 6.07) is 0. The van der Waals surface area contributed by atoms with E-state index in [1.807, 2.05) is 14.0 Å². The number of nitrogens with one attached hydrogen (secondary N) is 2. The summed E-state index contributed by atoms with van der Waals surface area (Å²) in [6.45, 7) is 3.74. The molecule has 0 aromatic carbocycles. The minimum absolute atomic E-state index is 0.501. The molecule has 1 aliphatic carbocycles. The smallest absolute Gasteiger partial charge is 0.136 e. The summed E-state index contributed by atoms with van der Waals surface area (Å²) in [4.78, 5) is 9.23. The van der Waals surface area contributed by atoms with Crippen molar-refractivity contribution in [1.29, 1.82) is 0 Å². The van der Waals surface area contributed by atoms with E-state index in [9.17, 15) is 5.11 Å². The molecule has 6 nitrogen and oxygen atoms in total. The molecule has 2 heterocycles. The lowest BCUT2D eigenvalue weighted by atomic mass is 9.94. The van der Waals surface area contributed by atoms with E-state index in [0.29, 0.717) is 38.5 Å². The van der Waals surface area contributed by atoms with Crippen molar-refractivity contribution in [2.45, 2.75) is 44.1 Å². The Bertz CT molecular complexity index is 511. The van der Waals surface area contributed by atoms with Crippen LogP contribution in [0.15, 0.2) is 0 Å². The minimum atomic E-state index is -0.699. The van der Waals surface area contributed by atoms with E-state index in [-0.39, 0.29) is 0 Å². The number of rotatable bonds is 5. The van der Waals surface area contributed by atoms with Crippen LogP contribution in [0.1, 0.15) is 43.0 Å². The number of anilines is 2. The summed E-state index contributed by atoms with van der Waals surface area (Å²) >= 11 is 0. The highest BCUT2D eigenvalue weighted by Crippen LogP contribution is 2.39. The monoisotopic (exact) mass is 292 g/mol. The molecule has 116 valence electrons. The molecule has 0 bridgehead atoms. The van der Waals surface area contributed by atoms with Crippen molar-refractivity contribution < 1.29 is 9.84 Å². The lowest BCUT2D eigenvalue weighted by Gasteiger charge is -2.32. The second-order valence-electron chi connectivity index (χ2n) is 6.12. The summed E-state index contributed by atoms with van der Waals surface area (Å²) in [5.74, 6) is 3.11. The first kappa shape index (κ1) is 14.5. The number of hydrogen-bond acceptors (Lipinski definition) is 6. The third-order valence-electron chi connectivity index (χ3n) is 4.35. The molecule has 2 fully saturated rings. The minimum Gasteiger partial charge on any atom is -0.388 e. The molecule has 1 aliphatic heterocycles. The third-order valence-corrected chi connectivity index (χ3v) is 4.35. The van der Waals surface area contributed by atoms with Gasteiger partial charge in [-0.05, 0) is 19.8 Å². The summed E-state index contributed by atoms with van der Waals surface area (Å²) < 4.78 is 5.31. The number of aromatic nitrogens is 2. The highest BCUT2D eigenvalue weighted by molar-refractivity contribution is 5.57. The van der Waals surface area contributed by atoms with Crippen LogP contribution in [0.3, 0.4) is 0 Å². The second kappa shape index (κ2) is 5.77. The van der Waals surface area contributed by atoms with Crippen molar-refractivity contribution in [2.75, 3.05) is 37.4 Å². The van der Waals surface area contributed by atoms with Crippen LogP contribution >= 0.6 is 0 Å². The van der Waals surface area contributed by atoms with Crippen LogP contribution in [-0.2, 0) is 4.74 Å². The van der Waals surface area contributed by atoms with Crippen LogP contribution in [0.5, 0.6) is 0 Å². The Kier molecular flexibility index (Phi) is 3.99. The van der Waals surface area contributed by atoms with Crippen molar-refractivity contribution in [3.05, 3.63) is 11.4 Å². The van der Waals surface area contributed by atoms with Crippen LogP contribution in [0.4, 0.5) is 11.6 Å². The van der Waals surface area contributed by atoms with E-state index in [1.165, 1.54) is 12.8 Å². The number of aliphatic hydroxyl groups is 1. The summed E-state index contributed by atoms with van der Waals surface area (Å²) in [5.41, 5.74) is 0.299. The maximum Gasteiger partial charge on any atom is 0.136 e. The van der Waals surface area contributed by atoms with E-state index in [4.69, 9.17) is 4.74 Å².